The molecule has 0 bridgehead atoms. The number of ether oxygens (including phenoxy) is 1. The number of hydrogen-bond acceptors (Lipinski definition) is 3. The van der Waals surface area contributed by atoms with Gasteiger partial charge < -0.3 is 4.74 Å². The molecule has 0 radical (unpaired) electrons. The van der Waals surface area contributed by atoms with E-state index < -0.39 is 23.5 Å². The highest BCUT2D eigenvalue weighted by Crippen LogP contribution is 2.44. The van der Waals surface area contributed by atoms with E-state index in [0.717, 1.165) is 5.01 Å². The predicted molar refractivity (Wildman–Crippen MR) is 97.1 cm³/mol. The monoisotopic (exact) mass is 380 g/mol. The molecule has 0 aromatic heterocycles. The molecule has 0 spiro atoms. The zero-order valence-corrected chi connectivity index (χ0v) is 15.7. The van der Waals surface area contributed by atoms with Gasteiger partial charge in [-0.25, -0.2) is 5.01 Å². The van der Waals surface area contributed by atoms with Gasteiger partial charge in [-0.05, 0) is 56.2 Å². The Labute approximate surface area is 156 Å². The summed E-state index contributed by atoms with van der Waals surface area (Å²) >= 11 is 0. The number of hydrogen-bond donors (Lipinski definition) is 1. The first-order valence-electron chi connectivity index (χ1n) is 8.83. The van der Waals surface area contributed by atoms with Gasteiger partial charge in [0.15, 0.2) is 6.04 Å². The summed E-state index contributed by atoms with van der Waals surface area (Å²) in [6.07, 6.45) is -4.75. The molecular formula is C20H23F3N2O2. The number of nitrogens with one attached hydrogen (secondary N) is 1. The molecule has 4 nitrogen and oxygen atoms in total. The Morgan fingerprint density at radius 3 is 2.41 bits per heavy atom. The molecule has 1 N–H and O–H groups in total. The predicted octanol–water partition coefficient (Wildman–Crippen LogP) is 4.60. The standard InChI is InChI=1S/C20H23F3N2O2/c1-12(2)27-14-9-13-7-5-6-8-15(13)16(10-14)17(20(21,22)23)25-11-19(3,4)18(26)24-25/h5-10,12,17H,11H2,1-4H3,(H,24,26)/t17-/m0/s1. The van der Waals surface area contributed by atoms with E-state index in [4.69, 9.17) is 4.74 Å². The normalized spacial score (nSPS) is 18.7. The molecule has 0 unspecified atom stereocenters. The lowest BCUT2D eigenvalue weighted by Gasteiger charge is -2.31. The van der Waals surface area contributed by atoms with Crippen molar-refractivity contribution >= 4 is 16.7 Å². The van der Waals surface area contributed by atoms with Crippen LogP contribution in [0.15, 0.2) is 36.4 Å². The molecule has 0 saturated carbocycles. The Balaban J connectivity index is 2.17. The zero-order chi connectivity index (χ0) is 20.0. The Morgan fingerprint density at radius 2 is 1.85 bits per heavy atom. The third kappa shape index (κ3) is 3.88. The van der Waals surface area contributed by atoms with Gasteiger partial charge in [0.1, 0.15) is 5.75 Å². The van der Waals surface area contributed by atoms with Gasteiger partial charge >= 0.3 is 6.18 Å². The smallest absolute Gasteiger partial charge is 0.409 e. The number of hydrazine groups is 1. The van der Waals surface area contributed by atoms with E-state index in [-0.39, 0.29) is 18.2 Å². The quantitative estimate of drug-likeness (QED) is 0.843. The molecule has 146 valence electrons. The van der Waals surface area contributed by atoms with Crippen LogP contribution in [0.3, 0.4) is 0 Å². The summed E-state index contributed by atoms with van der Waals surface area (Å²) in [5.41, 5.74) is 1.57. The Bertz CT molecular complexity index is 862. The number of alkyl halides is 3. The average Bonchev–Trinajstić information content (AvgIpc) is 2.78. The lowest BCUT2D eigenvalue weighted by atomic mass is 9.93. The molecular weight excluding hydrogens is 357 g/mol. The van der Waals surface area contributed by atoms with Gasteiger partial charge in [-0.15, -0.1) is 0 Å². The summed E-state index contributed by atoms with van der Waals surface area (Å²) in [6, 6.07) is 8.08. The summed E-state index contributed by atoms with van der Waals surface area (Å²) in [5, 5.41) is 2.13. The molecule has 2 aromatic rings. The Morgan fingerprint density at radius 1 is 1.19 bits per heavy atom. The van der Waals surface area contributed by atoms with Crippen LogP contribution in [0.25, 0.3) is 10.8 Å². The van der Waals surface area contributed by atoms with Crippen LogP contribution in [-0.2, 0) is 4.79 Å². The third-order valence-electron chi connectivity index (χ3n) is 4.58. The molecule has 0 aliphatic carbocycles. The van der Waals surface area contributed by atoms with E-state index in [1.807, 2.05) is 13.8 Å². The first-order chi connectivity index (χ1) is 12.5. The van der Waals surface area contributed by atoms with Crippen molar-refractivity contribution in [3.8, 4) is 5.75 Å². The SMILES string of the molecule is CC(C)Oc1cc([C@H](N2CC(C)(C)C(=O)N2)C(F)(F)F)c2ccccc2c1. The summed E-state index contributed by atoms with van der Waals surface area (Å²) in [6.45, 7) is 6.86. The largest absolute Gasteiger partial charge is 0.491 e. The number of halogens is 3. The van der Waals surface area contributed by atoms with Gasteiger partial charge in [-0.2, -0.15) is 13.2 Å². The molecule has 1 amide bonds. The number of carbonyl (C=O) groups excluding carboxylic acids is 1. The maximum atomic E-state index is 14.1. The van der Waals surface area contributed by atoms with Gasteiger partial charge in [0.05, 0.1) is 11.5 Å². The molecule has 2 aromatic carbocycles. The van der Waals surface area contributed by atoms with Crippen molar-refractivity contribution in [1.29, 1.82) is 0 Å². The lowest BCUT2D eigenvalue weighted by molar-refractivity contribution is -0.191. The molecule has 1 heterocycles. The van der Waals surface area contributed by atoms with Crippen LogP contribution in [0.1, 0.15) is 39.3 Å². The van der Waals surface area contributed by atoms with Gasteiger partial charge in [-0.3, -0.25) is 10.2 Å². The van der Waals surface area contributed by atoms with Gasteiger partial charge in [0, 0.05) is 6.54 Å². The third-order valence-corrected chi connectivity index (χ3v) is 4.58. The van der Waals surface area contributed by atoms with Gasteiger partial charge in [-0.1, -0.05) is 24.3 Å². The first-order valence-corrected chi connectivity index (χ1v) is 8.83. The summed E-state index contributed by atoms with van der Waals surface area (Å²) in [4.78, 5) is 12.1. The topological polar surface area (TPSA) is 41.6 Å². The molecule has 3 rings (SSSR count). The second-order valence-electron chi connectivity index (χ2n) is 7.80. The minimum absolute atomic E-state index is 0.0421. The van der Waals surface area contributed by atoms with Gasteiger partial charge in [0.2, 0.25) is 5.91 Å². The van der Waals surface area contributed by atoms with Crippen LogP contribution < -0.4 is 10.2 Å². The zero-order valence-electron chi connectivity index (χ0n) is 15.7. The van der Waals surface area contributed by atoms with Crippen molar-refractivity contribution in [2.45, 2.75) is 46.0 Å². The lowest BCUT2D eigenvalue weighted by Crippen LogP contribution is -2.43. The van der Waals surface area contributed by atoms with Crippen LogP contribution >= 0.6 is 0 Å². The molecule has 27 heavy (non-hydrogen) atoms. The average molecular weight is 380 g/mol. The fourth-order valence-electron chi connectivity index (χ4n) is 3.37. The molecule has 1 saturated heterocycles. The van der Waals surface area contributed by atoms with Crippen LogP contribution in [0.2, 0.25) is 0 Å². The van der Waals surface area contributed by atoms with Crippen molar-refractivity contribution in [3.05, 3.63) is 42.0 Å². The molecule has 1 aliphatic rings. The maximum absolute atomic E-state index is 14.1. The molecule has 7 heteroatoms. The first kappa shape index (κ1) is 19.5. The highest BCUT2D eigenvalue weighted by Gasteiger charge is 2.51. The number of nitrogens with zero attached hydrogens (tertiary/aromatic N) is 1. The van der Waals surface area contributed by atoms with Crippen molar-refractivity contribution < 1.29 is 22.7 Å². The fraction of sp³-hybridized carbons (Fsp3) is 0.450. The Hall–Kier alpha value is -2.28. The summed E-state index contributed by atoms with van der Waals surface area (Å²) < 4.78 is 48.1. The number of fused-ring (bicyclic) bond motifs is 1. The number of carbonyl (C=O) groups is 1. The minimum atomic E-state index is -4.58. The molecule has 1 aliphatic heterocycles. The van der Waals surface area contributed by atoms with E-state index in [0.29, 0.717) is 16.5 Å². The second-order valence-corrected chi connectivity index (χ2v) is 7.80. The highest BCUT2D eigenvalue weighted by atomic mass is 19.4. The Kier molecular flexibility index (Phi) is 4.84. The van der Waals surface area contributed by atoms with E-state index >= 15 is 0 Å². The van der Waals surface area contributed by atoms with Crippen LogP contribution in [0.4, 0.5) is 13.2 Å². The van der Waals surface area contributed by atoms with Crippen molar-refractivity contribution in [2.75, 3.05) is 6.54 Å². The van der Waals surface area contributed by atoms with E-state index in [2.05, 4.69) is 5.43 Å². The van der Waals surface area contributed by atoms with E-state index in [1.54, 1.807) is 44.2 Å². The van der Waals surface area contributed by atoms with Crippen molar-refractivity contribution in [1.82, 2.24) is 10.4 Å². The van der Waals surface area contributed by atoms with E-state index in [9.17, 15) is 18.0 Å². The van der Waals surface area contributed by atoms with Crippen molar-refractivity contribution in [3.63, 3.8) is 0 Å². The maximum Gasteiger partial charge on any atom is 0.409 e. The van der Waals surface area contributed by atoms with Crippen molar-refractivity contribution in [2.24, 2.45) is 5.41 Å². The second kappa shape index (κ2) is 6.71. The highest BCUT2D eigenvalue weighted by molar-refractivity contribution is 5.88. The van der Waals surface area contributed by atoms with Gasteiger partial charge in [0.25, 0.3) is 0 Å². The minimum Gasteiger partial charge on any atom is -0.491 e. The number of amides is 1. The number of benzene rings is 2. The summed E-state index contributed by atoms with van der Waals surface area (Å²) in [5.74, 6) is -0.0478. The fourth-order valence-corrected chi connectivity index (χ4v) is 3.37. The summed E-state index contributed by atoms with van der Waals surface area (Å²) in [7, 11) is 0. The molecule has 1 atom stereocenters. The molecule has 1 fully saturated rings. The van der Waals surface area contributed by atoms with Crippen LogP contribution in [0, 0.1) is 5.41 Å². The number of rotatable bonds is 4. The van der Waals surface area contributed by atoms with Crippen LogP contribution in [0.5, 0.6) is 5.75 Å². The van der Waals surface area contributed by atoms with E-state index in [1.165, 1.54) is 6.07 Å². The van der Waals surface area contributed by atoms with Crippen LogP contribution in [-0.4, -0.2) is 29.7 Å².